The molecule has 7 nitrogen and oxygen atoms in total. The van der Waals surface area contributed by atoms with Gasteiger partial charge in [-0.05, 0) is 68.1 Å². The van der Waals surface area contributed by atoms with E-state index < -0.39 is 5.91 Å². The number of nitrogens with zero attached hydrogens (tertiary/aromatic N) is 1. The van der Waals surface area contributed by atoms with Crippen LogP contribution in [0.25, 0.3) is 10.9 Å². The number of aromatic nitrogens is 1. The van der Waals surface area contributed by atoms with Crippen molar-refractivity contribution in [2.75, 3.05) is 25.1 Å². The van der Waals surface area contributed by atoms with Gasteiger partial charge in [0.15, 0.2) is 11.5 Å². The van der Waals surface area contributed by atoms with Gasteiger partial charge in [-0.1, -0.05) is 48.9 Å². The highest BCUT2D eigenvalue weighted by Crippen LogP contribution is 2.38. The van der Waals surface area contributed by atoms with Crippen molar-refractivity contribution in [3.05, 3.63) is 88.1 Å². The van der Waals surface area contributed by atoms with E-state index in [0.29, 0.717) is 48.0 Å². The number of pyridine rings is 1. The number of halogens is 1. The molecule has 0 fully saturated rings. The van der Waals surface area contributed by atoms with Crippen molar-refractivity contribution in [3.63, 3.8) is 0 Å². The van der Waals surface area contributed by atoms with Gasteiger partial charge in [0.2, 0.25) is 0 Å². The Balaban J connectivity index is 1.65. The van der Waals surface area contributed by atoms with E-state index in [2.05, 4.69) is 34.7 Å². The molecule has 0 saturated heterocycles. The van der Waals surface area contributed by atoms with Gasteiger partial charge in [0.05, 0.1) is 30.0 Å². The topological polar surface area (TPSA) is 98.5 Å². The van der Waals surface area contributed by atoms with Crippen molar-refractivity contribution in [2.45, 2.75) is 40.2 Å². The van der Waals surface area contributed by atoms with Crippen molar-refractivity contribution in [3.8, 4) is 11.5 Å². The van der Waals surface area contributed by atoms with Crippen LogP contribution in [0.5, 0.6) is 11.5 Å². The Morgan fingerprint density at radius 1 is 0.974 bits per heavy atom. The fourth-order valence-corrected chi connectivity index (χ4v) is 4.91. The normalized spacial score (nSPS) is 11.0. The van der Waals surface area contributed by atoms with Crippen LogP contribution in [-0.4, -0.2) is 30.6 Å². The molecule has 4 aromatic rings. The van der Waals surface area contributed by atoms with E-state index in [4.69, 9.17) is 26.8 Å². The highest BCUT2D eigenvalue weighted by Gasteiger charge is 2.18. The fourth-order valence-electron chi connectivity index (χ4n) is 4.67. The summed E-state index contributed by atoms with van der Waals surface area (Å²) < 4.78 is 11.6. The summed E-state index contributed by atoms with van der Waals surface area (Å²) >= 11 is 6.31. The Labute approximate surface area is 234 Å². The second-order valence-electron chi connectivity index (χ2n) is 9.03. The first kappa shape index (κ1) is 28.2. The highest BCUT2D eigenvalue weighted by atomic mass is 35.5. The van der Waals surface area contributed by atoms with E-state index in [1.54, 1.807) is 0 Å². The van der Waals surface area contributed by atoms with Crippen molar-refractivity contribution in [1.82, 2.24) is 10.3 Å². The average Bonchev–Trinajstić information content (AvgIpc) is 2.93. The summed E-state index contributed by atoms with van der Waals surface area (Å²) in [4.78, 5) is 16.9. The molecule has 0 saturated carbocycles. The van der Waals surface area contributed by atoms with Crippen LogP contribution in [0.15, 0.2) is 60.8 Å². The summed E-state index contributed by atoms with van der Waals surface area (Å²) in [6.07, 6.45) is 3.16. The second-order valence-corrected chi connectivity index (χ2v) is 9.44. The minimum atomic E-state index is -0.561. The Kier molecular flexibility index (Phi) is 9.63. The standard InChI is InChI=1S/C31H35ClN4O3/c1-4-22-21(18-34-15-14-20-10-7-8-12-25(20)32)11-9-13-26(22)36-30-23-16-28(38-5-2)29(39-6-3)17-27(23)35-19-24(30)31(33)37/h7-13,16-17,19,34H,4-6,14-15,18H2,1-3H3,(H2,33,37)(H,35,36). The number of hydrogen-bond donors (Lipinski definition) is 3. The molecule has 0 unspecified atom stereocenters. The maximum absolute atomic E-state index is 12.4. The number of nitrogens with two attached hydrogens (primary N) is 1. The van der Waals surface area contributed by atoms with E-state index in [0.717, 1.165) is 46.6 Å². The summed E-state index contributed by atoms with van der Waals surface area (Å²) in [6, 6.07) is 17.7. The lowest BCUT2D eigenvalue weighted by Gasteiger charge is -2.19. The zero-order chi connectivity index (χ0) is 27.8. The Morgan fingerprint density at radius 3 is 2.38 bits per heavy atom. The molecule has 3 aromatic carbocycles. The van der Waals surface area contributed by atoms with Gasteiger partial charge < -0.3 is 25.8 Å². The highest BCUT2D eigenvalue weighted by molar-refractivity contribution is 6.31. The number of benzene rings is 3. The molecule has 1 heterocycles. The molecule has 0 aliphatic heterocycles. The zero-order valence-electron chi connectivity index (χ0n) is 22.6. The molecule has 1 amide bonds. The molecular weight excluding hydrogens is 512 g/mol. The summed E-state index contributed by atoms with van der Waals surface area (Å²) in [5.74, 6) is 0.635. The molecular formula is C31H35ClN4O3. The molecule has 0 bridgehead atoms. The molecule has 1 aromatic heterocycles. The van der Waals surface area contributed by atoms with Crippen LogP contribution in [0.2, 0.25) is 5.02 Å². The van der Waals surface area contributed by atoms with Gasteiger partial charge in [-0.15, -0.1) is 0 Å². The zero-order valence-corrected chi connectivity index (χ0v) is 23.4. The number of ether oxygens (including phenoxy) is 2. The minimum Gasteiger partial charge on any atom is -0.490 e. The van der Waals surface area contributed by atoms with Gasteiger partial charge >= 0.3 is 0 Å². The number of amides is 1. The second kappa shape index (κ2) is 13.3. The van der Waals surface area contributed by atoms with E-state index >= 15 is 0 Å². The van der Waals surface area contributed by atoms with E-state index in [1.165, 1.54) is 11.8 Å². The number of hydrogen-bond acceptors (Lipinski definition) is 6. The Morgan fingerprint density at radius 2 is 1.69 bits per heavy atom. The molecule has 0 radical (unpaired) electrons. The van der Waals surface area contributed by atoms with Gasteiger partial charge in [0, 0.05) is 34.9 Å². The average molecular weight is 547 g/mol. The molecule has 0 aliphatic carbocycles. The Hall–Kier alpha value is -3.81. The quantitative estimate of drug-likeness (QED) is 0.167. The third kappa shape index (κ3) is 6.61. The minimum absolute atomic E-state index is 0.305. The van der Waals surface area contributed by atoms with Gasteiger partial charge in [-0.25, -0.2) is 0 Å². The van der Waals surface area contributed by atoms with Crippen LogP contribution in [0.4, 0.5) is 11.4 Å². The van der Waals surface area contributed by atoms with Gasteiger partial charge in [0.1, 0.15) is 0 Å². The molecule has 0 atom stereocenters. The predicted octanol–water partition coefficient (Wildman–Crippen LogP) is 6.42. The van der Waals surface area contributed by atoms with Crippen LogP contribution in [0.1, 0.15) is 47.8 Å². The molecule has 4 N–H and O–H groups in total. The Bertz CT molecular complexity index is 1460. The lowest BCUT2D eigenvalue weighted by molar-refractivity contribution is 0.100. The molecule has 39 heavy (non-hydrogen) atoms. The lowest BCUT2D eigenvalue weighted by atomic mass is 10.0. The molecule has 0 spiro atoms. The van der Waals surface area contributed by atoms with Crippen LogP contribution < -0.4 is 25.8 Å². The number of primary amides is 1. The first-order valence-electron chi connectivity index (χ1n) is 13.3. The number of fused-ring (bicyclic) bond motifs is 1. The fraction of sp³-hybridized carbons (Fsp3) is 0.290. The third-order valence-corrected chi connectivity index (χ3v) is 6.90. The maximum Gasteiger partial charge on any atom is 0.252 e. The van der Waals surface area contributed by atoms with Crippen LogP contribution in [0.3, 0.4) is 0 Å². The first-order valence-corrected chi connectivity index (χ1v) is 13.7. The number of rotatable bonds is 13. The van der Waals surface area contributed by atoms with Crippen LogP contribution in [0, 0.1) is 0 Å². The van der Waals surface area contributed by atoms with Crippen molar-refractivity contribution in [1.29, 1.82) is 0 Å². The van der Waals surface area contributed by atoms with Crippen molar-refractivity contribution < 1.29 is 14.3 Å². The smallest absolute Gasteiger partial charge is 0.252 e. The van der Waals surface area contributed by atoms with Crippen LogP contribution in [-0.2, 0) is 19.4 Å². The first-order chi connectivity index (χ1) is 19.0. The van der Waals surface area contributed by atoms with E-state index in [1.807, 2.05) is 56.3 Å². The monoisotopic (exact) mass is 546 g/mol. The SMILES string of the molecule is CCOc1cc2ncc(C(N)=O)c(Nc3cccc(CNCCc4ccccc4Cl)c3CC)c2cc1OCC. The summed E-state index contributed by atoms with van der Waals surface area (Å²) in [5, 5.41) is 8.57. The van der Waals surface area contributed by atoms with E-state index in [-0.39, 0.29) is 0 Å². The molecule has 4 rings (SSSR count). The van der Waals surface area contributed by atoms with Crippen LogP contribution >= 0.6 is 11.6 Å². The summed E-state index contributed by atoms with van der Waals surface area (Å²) in [6.45, 7) is 8.43. The molecule has 204 valence electrons. The van der Waals surface area contributed by atoms with Gasteiger partial charge in [-0.2, -0.15) is 0 Å². The summed E-state index contributed by atoms with van der Waals surface area (Å²) in [7, 11) is 0. The van der Waals surface area contributed by atoms with E-state index in [9.17, 15) is 4.79 Å². The maximum atomic E-state index is 12.4. The lowest BCUT2D eigenvalue weighted by Crippen LogP contribution is -2.18. The largest absolute Gasteiger partial charge is 0.490 e. The number of carbonyl (C=O) groups excluding carboxylic acids is 1. The summed E-state index contributed by atoms with van der Waals surface area (Å²) in [5.41, 5.74) is 11.7. The number of carbonyl (C=O) groups is 1. The van der Waals surface area contributed by atoms with Gasteiger partial charge in [0.25, 0.3) is 5.91 Å². The number of nitrogens with one attached hydrogen (secondary N) is 2. The predicted molar refractivity (Wildman–Crippen MR) is 159 cm³/mol. The third-order valence-electron chi connectivity index (χ3n) is 6.53. The van der Waals surface area contributed by atoms with Gasteiger partial charge in [-0.3, -0.25) is 9.78 Å². The van der Waals surface area contributed by atoms with Crippen molar-refractivity contribution >= 4 is 39.8 Å². The molecule has 8 heteroatoms. The number of anilines is 2. The van der Waals surface area contributed by atoms with Crippen molar-refractivity contribution in [2.24, 2.45) is 5.73 Å². The molecule has 0 aliphatic rings.